The minimum atomic E-state index is -3.64. The molecule has 0 saturated heterocycles. The molecule has 2 aromatic rings. The summed E-state index contributed by atoms with van der Waals surface area (Å²) in [5, 5.41) is 0. The summed E-state index contributed by atoms with van der Waals surface area (Å²) in [4.78, 5) is 15.5. The molecule has 0 aliphatic heterocycles. The first-order valence-corrected chi connectivity index (χ1v) is 9.12. The zero-order chi connectivity index (χ0) is 18.6. The second kappa shape index (κ2) is 7.58. The summed E-state index contributed by atoms with van der Waals surface area (Å²) < 4.78 is 39.8. The quantitative estimate of drug-likeness (QED) is 0.458. The summed E-state index contributed by atoms with van der Waals surface area (Å²) in [7, 11) is -3.64. The van der Waals surface area contributed by atoms with Crippen molar-refractivity contribution in [3.63, 3.8) is 0 Å². The molecule has 7 nitrogen and oxygen atoms in total. The highest BCUT2D eigenvalue weighted by Gasteiger charge is 2.22. The van der Waals surface area contributed by atoms with Gasteiger partial charge in [-0.05, 0) is 43.7 Å². The number of benzene rings is 1. The lowest BCUT2D eigenvalue weighted by atomic mass is 10.2. The summed E-state index contributed by atoms with van der Waals surface area (Å²) in [5.74, 6) is 3.92. The van der Waals surface area contributed by atoms with Gasteiger partial charge in [-0.2, -0.15) is 0 Å². The van der Waals surface area contributed by atoms with Crippen LogP contribution in [0.5, 0.6) is 0 Å². The minimum Gasteiger partial charge on any atom is -0.290 e. The average Bonchev–Trinajstić information content (AvgIpc) is 2.61. The van der Waals surface area contributed by atoms with Gasteiger partial charge in [0.15, 0.2) is 0 Å². The molecule has 9 heteroatoms. The molecule has 1 aromatic carbocycles. The molecule has 1 heterocycles. The van der Waals surface area contributed by atoms with Gasteiger partial charge >= 0.3 is 0 Å². The smallest absolute Gasteiger partial charge is 0.266 e. The van der Waals surface area contributed by atoms with E-state index in [1.54, 1.807) is 13.0 Å². The maximum atomic E-state index is 13.9. The van der Waals surface area contributed by atoms with Crippen LogP contribution in [0, 0.1) is 12.7 Å². The Morgan fingerprint density at radius 1 is 1.32 bits per heavy atom. The second-order valence-electron chi connectivity index (χ2n) is 5.35. The fourth-order valence-corrected chi connectivity index (χ4v) is 3.20. The van der Waals surface area contributed by atoms with Crippen molar-refractivity contribution in [1.82, 2.24) is 10.4 Å². The number of hydrogen-bond acceptors (Lipinski definition) is 5. The highest BCUT2D eigenvalue weighted by molar-refractivity contribution is 7.92. The number of nitrogens with zero attached hydrogens (tertiary/aromatic N) is 2. The number of pyridine rings is 1. The van der Waals surface area contributed by atoms with E-state index in [1.807, 2.05) is 5.43 Å². The Morgan fingerprint density at radius 2 is 2.04 bits per heavy atom. The number of aromatic nitrogens is 1. The monoisotopic (exact) mass is 366 g/mol. The SMILES string of the molecule is CCS(=O)(=O)N(Cc1ccc(C(=O)NN)cn1)c1ccc(C)c(F)c1. The van der Waals surface area contributed by atoms with Gasteiger partial charge in [0.1, 0.15) is 5.82 Å². The average molecular weight is 366 g/mol. The summed E-state index contributed by atoms with van der Waals surface area (Å²) in [6.07, 6.45) is 1.30. The number of carbonyl (C=O) groups is 1. The van der Waals surface area contributed by atoms with Gasteiger partial charge in [-0.25, -0.2) is 18.7 Å². The van der Waals surface area contributed by atoms with Crippen LogP contribution in [0.25, 0.3) is 0 Å². The van der Waals surface area contributed by atoms with Gasteiger partial charge in [0.25, 0.3) is 5.91 Å². The summed E-state index contributed by atoms with van der Waals surface area (Å²) >= 11 is 0. The molecule has 0 atom stereocenters. The fourth-order valence-electron chi connectivity index (χ4n) is 2.13. The summed E-state index contributed by atoms with van der Waals surface area (Å²) in [6, 6.07) is 7.25. The number of hydrogen-bond donors (Lipinski definition) is 2. The number of halogens is 1. The van der Waals surface area contributed by atoms with Crippen molar-refractivity contribution in [3.8, 4) is 0 Å². The first-order chi connectivity index (χ1) is 11.8. The lowest BCUT2D eigenvalue weighted by molar-refractivity contribution is 0.0953. The molecular weight excluding hydrogens is 347 g/mol. The van der Waals surface area contributed by atoms with Crippen LogP contribution in [0.1, 0.15) is 28.5 Å². The number of sulfonamides is 1. The first kappa shape index (κ1) is 18.8. The van der Waals surface area contributed by atoms with Gasteiger partial charge < -0.3 is 0 Å². The molecule has 0 saturated carbocycles. The van der Waals surface area contributed by atoms with Crippen LogP contribution in [-0.4, -0.2) is 25.1 Å². The third-order valence-corrected chi connectivity index (χ3v) is 5.41. The van der Waals surface area contributed by atoms with Crippen molar-refractivity contribution in [2.45, 2.75) is 20.4 Å². The van der Waals surface area contributed by atoms with E-state index in [4.69, 9.17) is 5.84 Å². The zero-order valence-corrected chi connectivity index (χ0v) is 14.7. The van der Waals surface area contributed by atoms with Crippen LogP contribution in [0.15, 0.2) is 36.5 Å². The topological polar surface area (TPSA) is 105 Å². The van der Waals surface area contributed by atoms with Crippen LogP contribution in [0.3, 0.4) is 0 Å². The van der Waals surface area contributed by atoms with Gasteiger partial charge in [0.05, 0.1) is 29.2 Å². The molecule has 0 fully saturated rings. The van der Waals surface area contributed by atoms with Crippen molar-refractivity contribution in [3.05, 3.63) is 59.2 Å². The predicted molar refractivity (Wildman–Crippen MR) is 92.7 cm³/mol. The molecule has 1 aromatic heterocycles. The van der Waals surface area contributed by atoms with E-state index in [-0.39, 0.29) is 23.5 Å². The van der Waals surface area contributed by atoms with Crippen LogP contribution < -0.4 is 15.6 Å². The summed E-state index contributed by atoms with van der Waals surface area (Å²) in [5.41, 5.74) is 3.28. The van der Waals surface area contributed by atoms with E-state index in [1.165, 1.54) is 37.4 Å². The Balaban J connectivity index is 2.37. The van der Waals surface area contributed by atoms with E-state index >= 15 is 0 Å². The molecule has 0 radical (unpaired) electrons. The van der Waals surface area contributed by atoms with E-state index < -0.39 is 21.7 Å². The van der Waals surface area contributed by atoms with Gasteiger partial charge in [-0.15, -0.1) is 0 Å². The Hall–Kier alpha value is -2.52. The standard InChI is InChI=1S/C16H19FN4O3S/c1-3-25(23,24)21(14-7-4-11(2)15(17)8-14)10-13-6-5-12(9-19-13)16(22)20-18/h4-9H,3,10,18H2,1-2H3,(H,20,22). The number of rotatable bonds is 6. The van der Waals surface area contributed by atoms with Crippen LogP contribution in [0.4, 0.5) is 10.1 Å². The van der Waals surface area contributed by atoms with Gasteiger partial charge in [-0.3, -0.25) is 19.5 Å². The molecule has 0 spiro atoms. The van der Waals surface area contributed by atoms with Crippen molar-refractivity contribution in [2.24, 2.45) is 5.84 Å². The highest BCUT2D eigenvalue weighted by Crippen LogP contribution is 2.23. The number of amides is 1. The van der Waals surface area contributed by atoms with Crippen LogP contribution in [0.2, 0.25) is 0 Å². The second-order valence-corrected chi connectivity index (χ2v) is 7.53. The molecule has 0 aliphatic rings. The van der Waals surface area contributed by atoms with Crippen molar-refractivity contribution < 1.29 is 17.6 Å². The maximum absolute atomic E-state index is 13.9. The van der Waals surface area contributed by atoms with E-state index in [2.05, 4.69) is 4.98 Å². The third kappa shape index (κ3) is 4.31. The van der Waals surface area contributed by atoms with Crippen molar-refractivity contribution in [1.29, 1.82) is 0 Å². The minimum absolute atomic E-state index is 0.0802. The molecule has 2 rings (SSSR count). The number of anilines is 1. The molecular formula is C16H19FN4O3S. The van der Waals surface area contributed by atoms with E-state index in [0.29, 0.717) is 11.3 Å². The van der Waals surface area contributed by atoms with Crippen LogP contribution in [-0.2, 0) is 16.6 Å². The van der Waals surface area contributed by atoms with E-state index in [0.717, 1.165) is 4.31 Å². The maximum Gasteiger partial charge on any atom is 0.266 e. The molecule has 3 N–H and O–H groups in total. The Kier molecular flexibility index (Phi) is 5.70. The molecule has 0 aliphatic carbocycles. The number of nitrogens with one attached hydrogen (secondary N) is 1. The van der Waals surface area contributed by atoms with E-state index in [9.17, 15) is 17.6 Å². The molecule has 25 heavy (non-hydrogen) atoms. The lowest BCUT2D eigenvalue weighted by Gasteiger charge is -2.24. The zero-order valence-electron chi connectivity index (χ0n) is 13.9. The van der Waals surface area contributed by atoms with Gasteiger partial charge in [0.2, 0.25) is 10.0 Å². The molecule has 0 unspecified atom stereocenters. The third-order valence-electron chi connectivity index (χ3n) is 3.67. The fraction of sp³-hybridized carbons (Fsp3) is 0.250. The highest BCUT2D eigenvalue weighted by atomic mass is 32.2. The molecule has 1 amide bonds. The number of nitrogens with two attached hydrogens (primary N) is 1. The molecule has 134 valence electrons. The van der Waals surface area contributed by atoms with Crippen molar-refractivity contribution >= 4 is 21.6 Å². The van der Waals surface area contributed by atoms with Crippen LogP contribution >= 0.6 is 0 Å². The van der Waals surface area contributed by atoms with Gasteiger partial charge in [-0.1, -0.05) is 6.07 Å². The Morgan fingerprint density at radius 3 is 2.56 bits per heavy atom. The number of carbonyl (C=O) groups excluding carboxylic acids is 1. The number of nitrogen functional groups attached to an aromatic ring is 1. The largest absolute Gasteiger partial charge is 0.290 e. The Labute approximate surface area is 145 Å². The first-order valence-electron chi connectivity index (χ1n) is 7.51. The normalized spacial score (nSPS) is 11.2. The predicted octanol–water partition coefficient (Wildman–Crippen LogP) is 1.49. The van der Waals surface area contributed by atoms with Gasteiger partial charge in [0, 0.05) is 6.20 Å². The molecule has 0 bridgehead atoms. The summed E-state index contributed by atoms with van der Waals surface area (Å²) in [6.45, 7) is 3.03. The number of hydrazine groups is 1. The number of aryl methyl sites for hydroxylation is 1. The lowest BCUT2D eigenvalue weighted by Crippen LogP contribution is -2.32. The Bertz CT molecular complexity index is 869. The van der Waals surface area contributed by atoms with Crippen molar-refractivity contribution in [2.75, 3.05) is 10.1 Å².